The Kier molecular flexibility index (Phi) is 3.24. The molecule has 0 amide bonds. The zero-order valence-electron chi connectivity index (χ0n) is 10.6. The summed E-state index contributed by atoms with van der Waals surface area (Å²) in [4.78, 5) is 0.0417. The summed E-state index contributed by atoms with van der Waals surface area (Å²) in [7, 11) is -3.75. The number of hydrogen-bond acceptors (Lipinski definition) is 4. The number of hydrogen-bond donors (Lipinski definition) is 2. The van der Waals surface area contributed by atoms with Gasteiger partial charge in [0, 0.05) is 6.07 Å². The van der Waals surface area contributed by atoms with Crippen molar-refractivity contribution in [3.63, 3.8) is 0 Å². The fourth-order valence-corrected chi connectivity index (χ4v) is 3.49. The van der Waals surface area contributed by atoms with Crippen LogP contribution in [0.2, 0.25) is 0 Å². The maximum atomic E-state index is 12.4. The number of phenols is 2. The first-order valence-electron chi connectivity index (χ1n) is 5.66. The molecule has 0 fully saturated rings. The second-order valence-corrected chi connectivity index (χ2v) is 6.38. The maximum absolute atomic E-state index is 12.4. The molecule has 0 saturated carbocycles. The summed E-state index contributed by atoms with van der Waals surface area (Å²) in [5.74, 6) is -0.577. The highest BCUT2D eigenvalue weighted by Gasteiger charge is 2.21. The molecule has 2 N–H and O–H groups in total. The number of aryl methyl sites for hydroxylation is 2. The third-order valence-electron chi connectivity index (χ3n) is 2.81. The van der Waals surface area contributed by atoms with Gasteiger partial charge in [0.15, 0.2) is 0 Å². The van der Waals surface area contributed by atoms with Crippen LogP contribution in [-0.4, -0.2) is 18.6 Å². The third kappa shape index (κ3) is 2.56. The van der Waals surface area contributed by atoms with Crippen LogP contribution in [0.5, 0.6) is 11.5 Å². The van der Waals surface area contributed by atoms with Crippen molar-refractivity contribution in [3.05, 3.63) is 47.5 Å². The lowest BCUT2D eigenvalue weighted by molar-refractivity contribution is 0.447. The van der Waals surface area contributed by atoms with Crippen molar-refractivity contribution in [1.82, 2.24) is 0 Å². The zero-order chi connectivity index (χ0) is 14.2. The number of rotatable bonds is 2. The van der Waals surface area contributed by atoms with E-state index in [-0.39, 0.29) is 21.3 Å². The van der Waals surface area contributed by atoms with E-state index < -0.39 is 9.84 Å². The lowest BCUT2D eigenvalue weighted by Crippen LogP contribution is -2.04. The smallest absolute Gasteiger partial charge is 0.207 e. The molecule has 19 heavy (non-hydrogen) atoms. The monoisotopic (exact) mass is 278 g/mol. The Hall–Kier alpha value is -2.01. The predicted molar refractivity (Wildman–Crippen MR) is 71.1 cm³/mol. The minimum Gasteiger partial charge on any atom is -0.508 e. The van der Waals surface area contributed by atoms with Crippen LogP contribution in [0.4, 0.5) is 0 Å². The fourth-order valence-electron chi connectivity index (χ4n) is 1.95. The second-order valence-electron chi connectivity index (χ2n) is 4.46. The fraction of sp³-hybridized carbons (Fsp3) is 0.143. The van der Waals surface area contributed by atoms with Crippen LogP contribution in [0.25, 0.3) is 0 Å². The Morgan fingerprint density at radius 1 is 0.895 bits per heavy atom. The minimum absolute atomic E-state index is 0.128. The molecule has 2 aromatic rings. The van der Waals surface area contributed by atoms with E-state index >= 15 is 0 Å². The van der Waals surface area contributed by atoms with E-state index in [0.29, 0.717) is 5.56 Å². The normalized spacial score (nSPS) is 11.5. The van der Waals surface area contributed by atoms with Gasteiger partial charge in [-0.15, -0.1) is 0 Å². The average molecular weight is 278 g/mol. The molecule has 0 aromatic heterocycles. The van der Waals surface area contributed by atoms with Crippen molar-refractivity contribution >= 4 is 9.84 Å². The molecule has 0 atom stereocenters. The SMILES string of the molecule is Cc1ccc(S(=O)(=O)c2cc(O)cc(O)c2)c(C)c1. The first kappa shape index (κ1) is 13.4. The van der Waals surface area contributed by atoms with Crippen LogP contribution in [0.3, 0.4) is 0 Å². The first-order valence-corrected chi connectivity index (χ1v) is 7.14. The largest absolute Gasteiger partial charge is 0.508 e. The topological polar surface area (TPSA) is 74.6 Å². The summed E-state index contributed by atoms with van der Waals surface area (Å²) in [5.41, 5.74) is 1.60. The van der Waals surface area contributed by atoms with Crippen molar-refractivity contribution in [2.45, 2.75) is 23.6 Å². The number of benzene rings is 2. The number of phenolic OH excluding ortho intramolecular Hbond substituents is 2. The van der Waals surface area contributed by atoms with E-state index in [1.807, 2.05) is 6.92 Å². The van der Waals surface area contributed by atoms with Gasteiger partial charge in [0.1, 0.15) is 11.5 Å². The highest BCUT2D eigenvalue weighted by atomic mass is 32.2. The van der Waals surface area contributed by atoms with Gasteiger partial charge in [-0.2, -0.15) is 0 Å². The van der Waals surface area contributed by atoms with Crippen molar-refractivity contribution in [3.8, 4) is 11.5 Å². The predicted octanol–water partition coefficient (Wildman–Crippen LogP) is 2.55. The Morgan fingerprint density at radius 2 is 1.47 bits per heavy atom. The summed E-state index contributed by atoms with van der Waals surface area (Å²) in [6.07, 6.45) is 0. The van der Waals surface area contributed by atoms with E-state index in [9.17, 15) is 18.6 Å². The van der Waals surface area contributed by atoms with E-state index in [1.165, 1.54) is 6.07 Å². The average Bonchev–Trinajstić information content (AvgIpc) is 2.26. The molecule has 0 bridgehead atoms. The van der Waals surface area contributed by atoms with Crippen LogP contribution in [0.1, 0.15) is 11.1 Å². The van der Waals surface area contributed by atoms with Crippen molar-refractivity contribution in [2.24, 2.45) is 0 Å². The van der Waals surface area contributed by atoms with Crippen molar-refractivity contribution < 1.29 is 18.6 Å². The Labute approximate surface area is 111 Å². The summed E-state index contributed by atoms with van der Waals surface area (Å²) in [5, 5.41) is 18.8. The molecule has 0 aliphatic rings. The molecule has 0 unspecified atom stereocenters. The second kappa shape index (κ2) is 4.59. The van der Waals surface area contributed by atoms with Crippen LogP contribution in [0, 0.1) is 13.8 Å². The van der Waals surface area contributed by atoms with Gasteiger partial charge in [0.25, 0.3) is 0 Å². The third-order valence-corrected chi connectivity index (χ3v) is 4.70. The highest BCUT2D eigenvalue weighted by Crippen LogP contribution is 2.29. The molecule has 0 aliphatic carbocycles. The van der Waals surface area contributed by atoms with Gasteiger partial charge >= 0.3 is 0 Å². The molecule has 100 valence electrons. The Balaban J connectivity index is 2.65. The van der Waals surface area contributed by atoms with Gasteiger partial charge in [-0.1, -0.05) is 17.7 Å². The van der Waals surface area contributed by atoms with Gasteiger partial charge in [0.2, 0.25) is 9.84 Å². The van der Waals surface area contributed by atoms with E-state index in [1.54, 1.807) is 19.1 Å². The molecule has 0 aliphatic heterocycles. The number of aromatic hydroxyl groups is 2. The molecule has 0 saturated heterocycles. The minimum atomic E-state index is -3.75. The molecule has 2 aromatic carbocycles. The van der Waals surface area contributed by atoms with Gasteiger partial charge in [-0.25, -0.2) is 8.42 Å². The Morgan fingerprint density at radius 3 is 2.00 bits per heavy atom. The van der Waals surface area contributed by atoms with Gasteiger partial charge < -0.3 is 10.2 Å². The quantitative estimate of drug-likeness (QED) is 0.885. The molecule has 2 rings (SSSR count). The van der Waals surface area contributed by atoms with E-state index in [0.717, 1.165) is 23.8 Å². The zero-order valence-corrected chi connectivity index (χ0v) is 11.4. The summed E-state index contributed by atoms with van der Waals surface area (Å²) >= 11 is 0. The van der Waals surface area contributed by atoms with Gasteiger partial charge in [0.05, 0.1) is 9.79 Å². The van der Waals surface area contributed by atoms with Crippen LogP contribution >= 0.6 is 0 Å². The molecular weight excluding hydrogens is 264 g/mol. The number of sulfone groups is 1. The van der Waals surface area contributed by atoms with Crippen molar-refractivity contribution in [1.29, 1.82) is 0 Å². The lowest BCUT2D eigenvalue weighted by atomic mass is 10.2. The standard InChI is InChI=1S/C14H14O4S/c1-9-3-4-14(10(2)5-9)19(17,18)13-7-11(15)6-12(16)8-13/h3-8,15-16H,1-2H3. The van der Waals surface area contributed by atoms with Crippen LogP contribution in [-0.2, 0) is 9.84 Å². The molecule has 5 heteroatoms. The van der Waals surface area contributed by atoms with E-state index in [2.05, 4.69) is 0 Å². The van der Waals surface area contributed by atoms with Crippen LogP contribution in [0.15, 0.2) is 46.2 Å². The molecular formula is C14H14O4S. The molecule has 0 radical (unpaired) electrons. The van der Waals surface area contributed by atoms with Crippen molar-refractivity contribution in [2.75, 3.05) is 0 Å². The summed E-state index contributed by atoms with van der Waals surface area (Å²) in [6.45, 7) is 3.59. The highest BCUT2D eigenvalue weighted by molar-refractivity contribution is 7.91. The molecule has 4 nitrogen and oxygen atoms in total. The molecule has 0 heterocycles. The van der Waals surface area contributed by atoms with Gasteiger partial charge in [-0.05, 0) is 37.6 Å². The first-order chi connectivity index (χ1) is 8.80. The summed E-state index contributed by atoms with van der Waals surface area (Å²) < 4.78 is 24.9. The maximum Gasteiger partial charge on any atom is 0.207 e. The summed E-state index contributed by atoms with van der Waals surface area (Å²) in [6, 6.07) is 8.34. The van der Waals surface area contributed by atoms with E-state index in [4.69, 9.17) is 0 Å². The van der Waals surface area contributed by atoms with Gasteiger partial charge in [-0.3, -0.25) is 0 Å². The molecule has 0 spiro atoms. The Bertz CT molecular complexity index is 713. The van der Waals surface area contributed by atoms with Crippen LogP contribution < -0.4 is 0 Å². The lowest BCUT2D eigenvalue weighted by Gasteiger charge is -2.09.